The molecule has 0 aliphatic rings. The highest BCUT2D eigenvalue weighted by atomic mass is 32.2. The molecule has 2 heterocycles. The number of fused-ring (bicyclic) bond motifs is 1. The number of anilines is 1. The fraction of sp³-hybridized carbons (Fsp3) is 0.154. The van der Waals surface area contributed by atoms with E-state index in [1.807, 2.05) is 30.3 Å². The number of benzene rings is 1. The second-order valence-corrected chi connectivity index (χ2v) is 7.86. The summed E-state index contributed by atoms with van der Waals surface area (Å²) >= 11 is 1.27. The number of nitrogens with one attached hydrogen (secondary N) is 2. The van der Waals surface area contributed by atoms with Gasteiger partial charge in [-0.15, -0.1) is 11.3 Å². The molecule has 0 atom stereocenters. The second kappa shape index (κ2) is 4.92. The van der Waals surface area contributed by atoms with E-state index in [1.54, 1.807) is 6.07 Å². The van der Waals surface area contributed by atoms with Crippen LogP contribution in [-0.4, -0.2) is 24.6 Å². The Balaban J connectivity index is 1.74. The lowest BCUT2D eigenvalue weighted by Gasteiger charge is -1.99. The summed E-state index contributed by atoms with van der Waals surface area (Å²) in [5.41, 5.74) is 1.87. The van der Waals surface area contributed by atoms with E-state index in [9.17, 15) is 8.42 Å². The third-order valence-electron chi connectivity index (χ3n) is 2.82. The van der Waals surface area contributed by atoms with Gasteiger partial charge in [-0.25, -0.2) is 13.4 Å². The Hall–Kier alpha value is -1.86. The number of imidazole rings is 1. The van der Waals surface area contributed by atoms with Gasteiger partial charge in [0.05, 0.1) is 17.6 Å². The smallest absolute Gasteiger partial charge is 0.201 e. The monoisotopic (exact) mass is 307 g/mol. The fourth-order valence-corrected chi connectivity index (χ4v) is 3.78. The Morgan fingerprint density at radius 3 is 2.75 bits per heavy atom. The molecular weight excluding hydrogens is 294 g/mol. The SMILES string of the molecule is CS(=O)(=O)c1ccc(CNc2nc3ccccc3[nH]2)s1. The van der Waals surface area contributed by atoms with Crippen molar-refractivity contribution in [2.75, 3.05) is 11.6 Å². The predicted octanol–water partition coefficient (Wildman–Crippen LogP) is 2.64. The minimum Gasteiger partial charge on any atom is -0.351 e. The number of para-hydroxylation sites is 2. The molecule has 0 fully saturated rings. The number of aromatic nitrogens is 2. The second-order valence-electron chi connectivity index (χ2n) is 4.45. The third-order valence-corrected chi connectivity index (χ3v) is 5.73. The number of rotatable bonds is 4. The van der Waals surface area contributed by atoms with Crippen LogP contribution in [0.25, 0.3) is 11.0 Å². The van der Waals surface area contributed by atoms with Crippen molar-refractivity contribution in [3.05, 3.63) is 41.3 Å². The minimum atomic E-state index is -3.12. The molecule has 2 N–H and O–H groups in total. The number of thiophene rings is 1. The van der Waals surface area contributed by atoms with E-state index in [0.717, 1.165) is 15.9 Å². The summed E-state index contributed by atoms with van der Waals surface area (Å²) in [5.74, 6) is 0.681. The van der Waals surface area contributed by atoms with Crippen LogP contribution in [0.1, 0.15) is 4.88 Å². The number of sulfone groups is 1. The maximum Gasteiger partial charge on any atom is 0.201 e. The van der Waals surface area contributed by atoms with Gasteiger partial charge in [0.1, 0.15) is 4.21 Å². The van der Waals surface area contributed by atoms with Crippen LogP contribution in [0.15, 0.2) is 40.6 Å². The summed E-state index contributed by atoms with van der Waals surface area (Å²) in [7, 11) is -3.12. The molecule has 5 nitrogen and oxygen atoms in total. The predicted molar refractivity (Wildman–Crippen MR) is 80.8 cm³/mol. The summed E-state index contributed by atoms with van der Waals surface area (Å²) in [5, 5.41) is 3.16. The number of hydrogen-bond acceptors (Lipinski definition) is 5. The summed E-state index contributed by atoms with van der Waals surface area (Å²) in [4.78, 5) is 8.52. The molecule has 104 valence electrons. The lowest BCUT2D eigenvalue weighted by atomic mass is 10.3. The van der Waals surface area contributed by atoms with Crippen LogP contribution in [0.3, 0.4) is 0 Å². The third kappa shape index (κ3) is 2.68. The first-order valence-corrected chi connectivity index (χ1v) is 8.70. The van der Waals surface area contributed by atoms with Crippen LogP contribution in [-0.2, 0) is 16.4 Å². The van der Waals surface area contributed by atoms with Crippen molar-refractivity contribution >= 4 is 38.2 Å². The molecule has 0 aliphatic carbocycles. The highest BCUT2D eigenvalue weighted by molar-refractivity contribution is 7.92. The quantitative estimate of drug-likeness (QED) is 0.777. The Morgan fingerprint density at radius 2 is 2.05 bits per heavy atom. The molecule has 0 spiro atoms. The maximum atomic E-state index is 11.4. The van der Waals surface area contributed by atoms with Crippen LogP contribution in [0.2, 0.25) is 0 Å². The Bertz CT molecular complexity index is 816. The molecule has 0 saturated heterocycles. The van der Waals surface area contributed by atoms with E-state index in [4.69, 9.17) is 0 Å². The normalized spacial score (nSPS) is 11.8. The van der Waals surface area contributed by atoms with Gasteiger partial charge in [0, 0.05) is 11.1 Å². The highest BCUT2D eigenvalue weighted by Crippen LogP contribution is 2.22. The van der Waals surface area contributed by atoms with Gasteiger partial charge >= 0.3 is 0 Å². The molecule has 3 aromatic rings. The largest absolute Gasteiger partial charge is 0.351 e. The average molecular weight is 307 g/mol. The van der Waals surface area contributed by atoms with Gasteiger partial charge in [0.15, 0.2) is 9.84 Å². The van der Waals surface area contributed by atoms with Gasteiger partial charge in [-0.3, -0.25) is 0 Å². The Kier molecular flexibility index (Phi) is 3.23. The van der Waals surface area contributed by atoms with E-state index in [2.05, 4.69) is 15.3 Å². The maximum absolute atomic E-state index is 11.4. The summed E-state index contributed by atoms with van der Waals surface area (Å²) in [6, 6.07) is 11.2. The van der Waals surface area contributed by atoms with Crippen LogP contribution < -0.4 is 5.32 Å². The van der Waals surface area contributed by atoms with Gasteiger partial charge in [-0.05, 0) is 24.3 Å². The fourth-order valence-electron chi connectivity index (χ4n) is 1.86. The van der Waals surface area contributed by atoms with Crippen molar-refractivity contribution in [1.82, 2.24) is 9.97 Å². The Labute approximate surface area is 120 Å². The van der Waals surface area contributed by atoms with Crippen molar-refractivity contribution < 1.29 is 8.42 Å². The van der Waals surface area contributed by atoms with Gasteiger partial charge in [-0.1, -0.05) is 12.1 Å². The van der Waals surface area contributed by atoms with E-state index >= 15 is 0 Å². The lowest BCUT2D eigenvalue weighted by molar-refractivity contribution is 0.604. The van der Waals surface area contributed by atoms with Crippen LogP contribution in [0.5, 0.6) is 0 Å². The molecule has 3 rings (SSSR count). The van der Waals surface area contributed by atoms with E-state index in [1.165, 1.54) is 17.6 Å². The number of nitrogens with zero attached hydrogens (tertiary/aromatic N) is 1. The standard InChI is InChI=1S/C13H13N3O2S2/c1-20(17,18)12-7-6-9(19-12)8-14-13-15-10-4-2-3-5-11(10)16-13/h2-7H,8H2,1H3,(H2,14,15,16). The number of hydrogen-bond donors (Lipinski definition) is 2. The van der Waals surface area contributed by atoms with E-state index < -0.39 is 9.84 Å². The molecule has 0 amide bonds. The van der Waals surface area contributed by atoms with Gasteiger partial charge in [-0.2, -0.15) is 0 Å². The average Bonchev–Trinajstić information content (AvgIpc) is 3.02. The molecule has 20 heavy (non-hydrogen) atoms. The highest BCUT2D eigenvalue weighted by Gasteiger charge is 2.10. The van der Waals surface area contributed by atoms with Gasteiger partial charge in [0.2, 0.25) is 5.95 Å². The molecular formula is C13H13N3O2S2. The molecule has 0 radical (unpaired) electrons. The van der Waals surface area contributed by atoms with Crippen molar-refractivity contribution in [3.63, 3.8) is 0 Å². The summed E-state index contributed by atoms with van der Waals surface area (Å²) in [6.45, 7) is 0.542. The lowest BCUT2D eigenvalue weighted by Crippen LogP contribution is -1.98. The van der Waals surface area contributed by atoms with Crippen molar-refractivity contribution in [1.29, 1.82) is 0 Å². The molecule has 0 unspecified atom stereocenters. The zero-order valence-corrected chi connectivity index (χ0v) is 12.4. The zero-order chi connectivity index (χ0) is 14.2. The number of H-pyrrole nitrogens is 1. The van der Waals surface area contributed by atoms with Gasteiger partial charge in [0.25, 0.3) is 0 Å². The first-order valence-electron chi connectivity index (χ1n) is 6.00. The van der Waals surface area contributed by atoms with Crippen LogP contribution in [0.4, 0.5) is 5.95 Å². The molecule has 0 bridgehead atoms. The van der Waals surface area contributed by atoms with E-state index in [-0.39, 0.29) is 0 Å². The van der Waals surface area contributed by atoms with Crippen molar-refractivity contribution in [2.45, 2.75) is 10.8 Å². The van der Waals surface area contributed by atoms with Crippen LogP contribution >= 0.6 is 11.3 Å². The molecule has 0 aliphatic heterocycles. The molecule has 2 aromatic heterocycles. The van der Waals surface area contributed by atoms with Gasteiger partial charge < -0.3 is 10.3 Å². The topological polar surface area (TPSA) is 74.8 Å². The molecule has 1 aromatic carbocycles. The Morgan fingerprint density at radius 1 is 1.25 bits per heavy atom. The summed E-state index contributed by atoms with van der Waals surface area (Å²) < 4.78 is 23.2. The molecule has 7 heteroatoms. The van der Waals surface area contributed by atoms with Crippen molar-refractivity contribution in [3.8, 4) is 0 Å². The number of aromatic amines is 1. The molecule has 0 saturated carbocycles. The zero-order valence-electron chi connectivity index (χ0n) is 10.8. The summed E-state index contributed by atoms with van der Waals surface area (Å²) in [6.07, 6.45) is 1.22. The first-order chi connectivity index (χ1) is 9.52. The van der Waals surface area contributed by atoms with Crippen molar-refractivity contribution in [2.24, 2.45) is 0 Å². The first kappa shape index (κ1) is 13.1. The van der Waals surface area contributed by atoms with Crippen LogP contribution in [0, 0.1) is 0 Å². The minimum absolute atomic E-state index is 0.388. The van der Waals surface area contributed by atoms with E-state index in [0.29, 0.717) is 16.7 Å².